The number of ether oxygens (including phenoxy) is 1. The van der Waals surface area contributed by atoms with Gasteiger partial charge in [-0.3, -0.25) is 14.4 Å². The lowest BCUT2D eigenvalue weighted by molar-refractivity contribution is -0.140. The predicted octanol–water partition coefficient (Wildman–Crippen LogP) is 2.31. The minimum atomic E-state index is -3.19. The molecule has 0 saturated carbocycles. The van der Waals surface area contributed by atoms with E-state index in [9.17, 15) is 27.6 Å². The molecule has 2 aliphatic rings. The summed E-state index contributed by atoms with van der Waals surface area (Å²) in [7, 11) is -1.73. The molecule has 0 aromatic heterocycles. The second-order valence-electron chi connectivity index (χ2n) is 8.11. The Morgan fingerprint density at radius 3 is 2.30 bits per heavy atom. The molecular formula is C23H20ClNO7S. The number of sulfone groups is 1. The molecule has 2 unspecified atom stereocenters. The molecule has 2 aromatic rings. The number of hydrogen-bond donors (Lipinski definition) is 0. The van der Waals surface area contributed by atoms with E-state index < -0.39 is 39.6 Å². The van der Waals surface area contributed by atoms with Crippen molar-refractivity contribution in [3.05, 3.63) is 69.2 Å². The SMILES string of the molecule is CC(OC(=O)c1ccc2c(c1Cl)C(=O)c1ccccc1C2=O)C(=O)N(C)C1CCS(=O)(=O)C1. The Morgan fingerprint density at radius 2 is 1.70 bits per heavy atom. The number of nitrogens with zero attached hydrogens (tertiary/aromatic N) is 1. The van der Waals surface area contributed by atoms with Gasteiger partial charge >= 0.3 is 5.97 Å². The standard InChI is InChI=1S/C23H20ClNO7S/c1-12(22(28)25(2)13-9-10-33(30,31)11-13)32-23(29)17-8-7-16-18(19(17)24)21(27)15-6-4-3-5-14(15)20(16)26/h3-8,12-13H,9-11H2,1-2H3. The van der Waals surface area contributed by atoms with E-state index in [0.717, 1.165) is 0 Å². The summed E-state index contributed by atoms with van der Waals surface area (Å²) in [6.45, 7) is 1.37. The van der Waals surface area contributed by atoms with Crippen LogP contribution in [-0.4, -0.2) is 67.5 Å². The first kappa shape index (κ1) is 23.1. The summed E-state index contributed by atoms with van der Waals surface area (Å²) in [6, 6.07) is 8.48. The van der Waals surface area contributed by atoms with Gasteiger partial charge in [-0.15, -0.1) is 0 Å². The van der Waals surface area contributed by atoms with Crippen LogP contribution >= 0.6 is 11.6 Å². The number of halogens is 1. The molecule has 0 bridgehead atoms. The molecule has 1 aliphatic carbocycles. The number of esters is 1. The summed E-state index contributed by atoms with van der Waals surface area (Å²) in [5, 5.41) is -0.222. The van der Waals surface area contributed by atoms with Gasteiger partial charge in [0, 0.05) is 29.8 Å². The maximum Gasteiger partial charge on any atom is 0.340 e. The molecular weight excluding hydrogens is 470 g/mol. The molecule has 33 heavy (non-hydrogen) atoms. The lowest BCUT2D eigenvalue weighted by Gasteiger charge is -2.26. The summed E-state index contributed by atoms with van der Waals surface area (Å²) < 4.78 is 28.7. The Labute approximate surface area is 195 Å². The number of fused-ring (bicyclic) bond motifs is 2. The van der Waals surface area contributed by atoms with Crippen LogP contribution in [0.4, 0.5) is 0 Å². The Bertz CT molecular complexity index is 1320. The smallest absolute Gasteiger partial charge is 0.340 e. The highest BCUT2D eigenvalue weighted by Gasteiger charge is 2.36. The largest absolute Gasteiger partial charge is 0.449 e. The van der Waals surface area contributed by atoms with Gasteiger partial charge in [-0.25, -0.2) is 13.2 Å². The van der Waals surface area contributed by atoms with Gasteiger partial charge < -0.3 is 9.64 Å². The van der Waals surface area contributed by atoms with Gasteiger partial charge in [-0.05, 0) is 25.5 Å². The maximum atomic E-state index is 13.0. The second kappa shape index (κ2) is 8.39. The molecule has 1 aliphatic heterocycles. The quantitative estimate of drug-likeness (QED) is 0.516. The van der Waals surface area contributed by atoms with Crippen LogP contribution in [0, 0.1) is 0 Å². The first-order chi connectivity index (χ1) is 15.5. The van der Waals surface area contributed by atoms with Crippen LogP contribution in [0.25, 0.3) is 0 Å². The highest BCUT2D eigenvalue weighted by Crippen LogP contribution is 2.34. The first-order valence-corrected chi connectivity index (χ1v) is 12.4. The van der Waals surface area contributed by atoms with Gasteiger partial charge in [0.25, 0.3) is 5.91 Å². The van der Waals surface area contributed by atoms with Crippen molar-refractivity contribution < 1.29 is 32.3 Å². The van der Waals surface area contributed by atoms with Crippen LogP contribution in [0.5, 0.6) is 0 Å². The predicted molar refractivity (Wildman–Crippen MR) is 119 cm³/mol. The van der Waals surface area contributed by atoms with E-state index in [1.807, 2.05) is 0 Å². The molecule has 0 N–H and O–H groups in total. The second-order valence-corrected chi connectivity index (χ2v) is 10.7. The van der Waals surface area contributed by atoms with Gasteiger partial charge in [0.15, 0.2) is 27.5 Å². The summed E-state index contributed by atoms with van der Waals surface area (Å²) >= 11 is 6.37. The monoisotopic (exact) mass is 489 g/mol. The van der Waals surface area contributed by atoms with E-state index in [4.69, 9.17) is 16.3 Å². The van der Waals surface area contributed by atoms with Crippen molar-refractivity contribution in [1.29, 1.82) is 0 Å². The fourth-order valence-electron chi connectivity index (χ4n) is 4.13. The van der Waals surface area contributed by atoms with Crippen LogP contribution in [0.3, 0.4) is 0 Å². The van der Waals surface area contributed by atoms with Crippen LogP contribution in [0.2, 0.25) is 5.02 Å². The molecule has 0 radical (unpaired) electrons. The van der Waals surface area contributed by atoms with Crippen molar-refractivity contribution in [1.82, 2.24) is 4.90 Å². The van der Waals surface area contributed by atoms with Crippen molar-refractivity contribution in [2.45, 2.75) is 25.5 Å². The third-order valence-corrected chi connectivity index (χ3v) is 8.13. The molecule has 8 nitrogen and oxygen atoms in total. The summed E-state index contributed by atoms with van der Waals surface area (Å²) in [4.78, 5) is 52.5. The lowest BCUT2D eigenvalue weighted by atomic mass is 9.83. The Balaban J connectivity index is 1.55. The zero-order valence-electron chi connectivity index (χ0n) is 17.8. The fraction of sp³-hybridized carbons (Fsp3) is 0.304. The Hall–Kier alpha value is -3.04. The van der Waals surface area contributed by atoms with Gasteiger partial charge in [0.1, 0.15) is 0 Å². The lowest BCUT2D eigenvalue weighted by Crippen LogP contribution is -2.44. The van der Waals surface area contributed by atoms with E-state index in [1.54, 1.807) is 18.2 Å². The van der Waals surface area contributed by atoms with E-state index in [0.29, 0.717) is 6.42 Å². The number of amides is 1. The molecule has 1 heterocycles. The number of rotatable bonds is 4. The molecule has 172 valence electrons. The molecule has 1 fully saturated rings. The molecule has 2 atom stereocenters. The highest BCUT2D eigenvalue weighted by atomic mass is 35.5. The Morgan fingerprint density at radius 1 is 1.06 bits per heavy atom. The molecule has 1 saturated heterocycles. The Kier molecular flexibility index (Phi) is 5.88. The first-order valence-electron chi connectivity index (χ1n) is 10.2. The van der Waals surface area contributed by atoms with Crippen molar-refractivity contribution in [2.75, 3.05) is 18.6 Å². The molecule has 10 heteroatoms. The minimum Gasteiger partial charge on any atom is -0.449 e. The van der Waals surface area contributed by atoms with Crippen LogP contribution < -0.4 is 0 Å². The normalized spacial score (nSPS) is 19.4. The van der Waals surface area contributed by atoms with Gasteiger partial charge in [-0.2, -0.15) is 0 Å². The molecule has 2 aromatic carbocycles. The third-order valence-electron chi connectivity index (χ3n) is 5.99. The number of carbonyl (C=O) groups excluding carboxylic acids is 4. The summed E-state index contributed by atoms with van der Waals surface area (Å²) in [6.07, 6.45) is -0.893. The summed E-state index contributed by atoms with van der Waals surface area (Å²) in [5.74, 6) is -2.48. The maximum absolute atomic E-state index is 13.0. The topological polar surface area (TPSA) is 115 Å². The molecule has 1 amide bonds. The number of ketones is 2. The number of benzene rings is 2. The van der Waals surface area contributed by atoms with Crippen LogP contribution in [0.15, 0.2) is 36.4 Å². The average Bonchev–Trinajstić information content (AvgIpc) is 3.15. The van der Waals surface area contributed by atoms with Crippen molar-refractivity contribution in [2.24, 2.45) is 0 Å². The third kappa shape index (κ3) is 4.06. The van der Waals surface area contributed by atoms with Gasteiger partial charge in [0.05, 0.1) is 27.7 Å². The van der Waals surface area contributed by atoms with E-state index in [-0.39, 0.29) is 50.1 Å². The summed E-state index contributed by atoms with van der Waals surface area (Å²) in [5.41, 5.74) is 0.312. The van der Waals surface area contributed by atoms with Crippen LogP contribution in [-0.2, 0) is 19.4 Å². The van der Waals surface area contributed by atoms with E-state index in [1.165, 1.54) is 37.1 Å². The van der Waals surface area contributed by atoms with Gasteiger partial charge in [0.2, 0.25) is 0 Å². The highest BCUT2D eigenvalue weighted by molar-refractivity contribution is 7.91. The van der Waals surface area contributed by atoms with Gasteiger partial charge in [-0.1, -0.05) is 35.9 Å². The van der Waals surface area contributed by atoms with Crippen molar-refractivity contribution in [3.63, 3.8) is 0 Å². The zero-order valence-corrected chi connectivity index (χ0v) is 19.4. The minimum absolute atomic E-state index is 0.00403. The van der Waals surface area contributed by atoms with E-state index in [2.05, 4.69) is 0 Å². The van der Waals surface area contributed by atoms with Crippen molar-refractivity contribution >= 4 is 44.9 Å². The zero-order chi connectivity index (χ0) is 24.1. The number of hydrogen-bond acceptors (Lipinski definition) is 7. The van der Waals surface area contributed by atoms with Crippen LogP contribution in [0.1, 0.15) is 55.5 Å². The number of carbonyl (C=O) groups is 4. The van der Waals surface area contributed by atoms with Crippen molar-refractivity contribution in [3.8, 4) is 0 Å². The average molecular weight is 490 g/mol. The molecule has 4 rings (SSSR count). The number of likely N-dealkylation sites (N-methyl/N-ethyl adjacent to an activating group) is 1. The van der Waals surface area contributed by atoms with E-state index >= 15 is 0 Å². The fourth-order valence-corrected chi connectivity index (χ4v) is 6.23. The molecule has 0 spiro atoms.